The molecule has 2 N–H and O–H groups in total. The number of pyridine rings is 1. The van der Waals surface area contributed by atoms with Crippen molar-refractivity contribution in [2.45, 2.75) is 4.90 Å². The minimum Gasteiger partial charge on any atom is -0.481 e. The maximum atomic E-state index is 13.9. The van der Waals surface area contributed by atoms with Crippen LogP contribution in [0.15, 0.2) is 54.1 Å². The maximum Gasteiger partial charge on any atom is 0.255 e. The van der Waals surface area contributed by atoms with Gasteiger partial charge in [-0.05, 0) is 24.3 Å². The molecule has 0 spiro atoms. The monoisotopic (exact) mass is 365 g/mol. The molecule has 0 saturated carbocycles. The molecule has 1 amide bonds. The summed E-state index contributed by atoms with van der Waals surface area (Å²) in [6.45, 7) is 3.33. The predicted molar refractivity (Wildman–Crippen MR) is 90.5 cm³/mol. The fraction of sp³-hybridized carbons (Fsp3) is 0.125. The van der Waals surface area contributed by atoms with Crippen LogP contribution in [0.25, 0.3) is 0 Å². The molecule has 0 unspecified atom stereocenters. The van der Waals surface area contributed by atoms with Gasteiger partial charge in [0.25, 0.3) is 5.91 Å². The van der Waals surface area contributed by atoms with E-state index in [-0.39, 0.29) is 12.1 Å². The minimum absolute atomic E-state index is 0.0174. The molecule has 0 aliphatic heterocycles. The predicted octanol–water partition coefficient (Wildman–Crippen LogP) is 1.95. The van der Waals surface area contributed by atoms with Crippen molar-refractivity contribution in [1.82, 2.24) is 9.71 Å². The second-order valence-electron chi connectivity index (χ2n) is 4.83. The van der Waals surface area contributed by atoms with E-state index in [4.69, 9.17) is 4.74 Å². The van der Waals surface area contributed by atoms with Gasteiger partial charge in [-0.15, -0.1) is 6.58 Å². The van der Waals surface area contributed by atoms with E-state index < -0.39 is 26.6 Å². The van der Waals surface area contributed by atoms with Crippen molar-refractivity contribution in [1.29, 1.82) is 0 Å². The quantitative estimate of drug-likeness (QED) is 0.731. The number of sulfonamides is 1. The molecule has 2 aromatic rings. The third kappa shape index (κ3) is 4.61. The fourth-order valence-electron chi connectivity index (χ4n) is 1.88. The largest absolute Gasteiger partial charge is 0.481 e. The molecule has 0 aliphatic rings. The second kappa shape index (κ2) is 7.86. The van der Waals surface area contributed by atoms with Gasteiger partial charge in [0.15, 0.2) is 0 Å². The molecular weight excluding hydrogens is 349 g/mol. The zero-order valence-electron chi connectivity index (χ0n) is 13.3. The number of carbonyl (C=O) groups is 1. The molecule has 0 aliphatic carbocycles. The lowest BCUT2D eigenvalue weighted by Gasteiger charge is -2.09. The Balaban J connectivity index is 2.25. The summed E-state index contributed by atoms with van der Waals surface area (Å²) in [6.07, 6.45) is 2.70. The maximum absolute atomic E-state index is 13.9. The van der Waals surface area contributed by atoms with E-state index in [0.29, 0.717) is 11.6 Å². The van der Waals surface area contributed by atoms with Crippen LogP contribution in [0.4, 0.5) is 10.1 Å². The molecule has 1 heterocycles. The first-order valence-electron chi connectivity index (χ1n) is 7.09. The van der Waals surface area contributed by atoms with Gasteiger partial charge in [-0.2, -0.15) is 0 Å². The van der Waals surface area contributed by atoms with Gasteiger partial charge in [0.1, 0.15) is 10.7 Å². The zero-order valence-corrected chi connectivity index (χ0v) is 14.1. The van der Waals surface area contributed by atoms with Gasteiger partial charge >= 0.3 is 0 Å². The van der Waals surface area contributed by atoms with E-state index in [2.05, 4.69) is 21.6 Å². The van der Waals surface area contributed by atoms with Crippen LogP contribution in [-0.2, 0) is 10.0 Å². The molecule has 0 saturated heterocycles. The Morgan fingerprint density at radius 1 is 1.36 bits per heavy atom. The van der Waals surface area contributed by atoms with Crippen LogP contribution in [0.1, 0.15) is 10.4 Å². The van der Waals surface area contributed by atoms with Crippen molar-refractivity contribution in [2.75, 3.05) is 19.0 Å². The van der Waals surface area contributed by atoms with Gasteiger partial charge in [-0.25, -0.2) is 22.5 Å². The SMILES string of the molecule is C=CCNS(=O)(=O)c1cc(C(=O)Nc2ccc(OC)nc2)ccc1F. The third-order valence-electron chi connectivity index (χ3n) is 3.10. The fourth-order valence-corrected chi connectivity index (χ4v) is 2.97. The highest BCUT2D eigenvalue weighted by Crippen LogP contribution is 2.18. The highest BCUT2D eigenvalue weighted by Gasteiger charge is 2.20. The van der Waals surface area contributed by atoms with Gasteiger partial charge in [-0.3, -0.25) is 4.79 Å². The first kappa shape index (κ1) is 18.6. The van der Waals surface area contributed by atoms with Crippen molar-refractivity contribution in [2.24, 2.45) is 0 Å². The van der Waals surface area contributed by atoms with Gasteiger partial charge in [0.2, 0.25) is 15.9 Å². The lowest BCUT2D eigenvalue weighted by Crippen LogP contribution is -2.25. The van der Waals surface area contributed by atoms with Crippen LogP contribution >= 0.6 is 0 Å². The van der Waals surface area contributed by atoms with Crippen LogP contribution in [0.3, 0.4) is 0 Å². The number of halogens is 1. The summed E-state index contributed by atoms with van der Waals surface area (Å²) < 4.78 is 45.1. The molecule has 0 radical (unpaired) electrons. The number of benzene rings is 1. The average molecular weight is 365 g/mol. The summed E-state index contributed by atoms with van der Waals surface area (Å²) in [5, 5.41) is 2.54. The number of methoxy groups -OCH3 is 1. The molecule has 0 atom stereocenters. The standard InChI is InChI=1S/C16H16FN3O4S/c1-3-8-19-25(22,23)14-9-11(4-6-13(14)17)16(21)20-12-5-7-15(24-2)18-10-12/h3-7,9-10,19H,1,8H2,2H3,(H,20,21). The van der Waals surface area contributed by atoms with Crippen molar-refractivity contribution < 1.29 is 22.3 Å². The van der Waals surface area contributed by atoms with E-state index in [1.165, 1.54) is 25.4 Å². The lowest BCUT2D eigenvalue weighted by atomic mass is 10.2. The normalized spacial score (nSPS) is 11.0. The molecule has 0 fully saturated rings. The van der Waals surface area contributed by atoms with Crippen LogP contribution in [0.5, 0.6) is 5.88 Å². The van der Waals surface area contributed by atoms with Crippen molar-refractivity contribution >= 4 is 21.6 Å². The summed E-state index contributed by atoms with van der Waals surface area (Å²) in [7, 11) is -2.64. The summed E-state index contributed by atoms with van der Waals surface area (Å²) in [5.41, 5.74) is 0.362. The molecule has 7 nitrogen and oxygen atoms in total. The van der Waals surface area contributed by atoms with Gasteiger partial charge in [0.05, 0.1) is 19.0 Å². The zero-order chi connectivity index (χ0) is 18.4. The highest BCUT2D eigenvalue weighted by molar-refractivity contribution is 7.89. The van der Waals surface area contributed by atoms with E-state index in [0.717, 1.165) is 12.1 Å². The van der Waals surface area contributed by atoms with Gasteiger partial charge in [-0.1, -0.05) is 6.08 Å². The molecule has 2 rings (SSSR count). The van der Waals surface area contributed by atoms with E-state index in [1.54, 1.807) is 12.1 Å². The Bertz CT molecular complexity index is 883. The smallest absolute Gasteiger partial charge is 0.255 e. The number of hydrogen-bond donors (Lipinski definition) is 2. The minimum atomic E-state index is -4.10. The Morgan fingerprint density at radius 3 is 2.72 bits per heavy atom. The van der Waals surface area contributed by atoms with Gasteiger partial charge in [0, 0.05) is 18.2 Å². The van der Waals surface area contributed by atoms with Crippen molar-refractivity contribution in [3.63, 3.8) is 0 Å². The van der Waals surface area contributed by atoms with Crippen LogP contribution in [0.2, 0.25) is 0 Å². The van der Waals surface area contributed by atoms with Crippen LogP contribution in [-0.4, -0.2) is 33.0 Å². The number of nitrogens with one attached hydrogen (secondary N) is 2. The van der Waals surface area contributed by atoms with Gasteiger partial charge < -0.3 is 10.1 Å². The molecular formula is C16H16FN3O4S. The summed E-state index contributed by atoms with van der Waals surface area (Å²) in [5.74, 6) is -1.19. The van der Waals surface area contributed by atoms with Crippen molar-refractivity contribution in [3.05, 3.63) is 60.6 Å². The number of carbonyl (C=O) groups excluding carboxylic acids is 1. The number of nitrogens with zero attached hydrogens (tertiary/aromatic N) is 1. The molecule has 0 bridgehead atoms. The summed E-state index contributed by atoms with van der Waals surface area (Å²) in [4.78, 5) is 15.6. The summed E-state index contributed by atoms with van der Waals surface area (Å²) >= 11 is 0. The third-order valence-corrected chi connectivity index (χ3v) is 4.54. The van der Waals surface area contributed by atoms with Crippen molar-refractivity contribution in [3.8, 4) is 5.88 Å². The number of hydrogen-bond acceptors (Lipinski definition) is 5. The lowest BCUT2D eigenvalue weighted by molar-refractivity contribution is 0.102. The first-order chi connectivity index (χ1) is 11.9. The number of rotatable bonds is 7. The molecule has 9 heteroatoms. The number of aromatic nitrogens is 1. The van der Waals surface area contributed by atoms with E-state index in [9.17, 15) is 17.6 Å². The van der Waals surface area contributed by atoms with E-state index >= 15 is 0 Å². The second-order valence-corrected chi connectivity index (χ2v) is 6.56. The number of anilines is 1. The topological polar surface area (TPSA) is 97.4 Å². The molecule has 25 heavy (non-hydrogen) atoms. The Hall–Kier alpha value is -2.78. The highest BCUT2D eigenvalue weighted by atomic mass is 32.2. The Labute approximate surface area is 144 Å². The molecule has 1 aromatic heterocycles. The average Bonchev–Trinajstić information content (AvgIpc) is 2.60. The number of amides is 1. The van der Waals surface area contributed by atoms with E-state index in [1.807, 2.05) is 0 Å². The first-order valence-corrected chi connectivity index (χ1v) is 8.57. The molecule has 1 aromatic carbocycles. The summed E-state index contributed by atoms with van der Waals surface area (Å²) in [6, 6.07) is 6.19. The van der Waals surface area contributed by atoms with Crippen LogP contribution in [0, 0.1) is 5.82 Å². The number of ether oxygens (including phenoxy) is 1. The molecule has 132 valence electrons. The Kier molecular flexibility index (Phi) is 5.84. The Morgan fingerprint density at radius 2 is 2.12 bits per heavy atom. The van der Waals surface area contributed by atoms with Crippen LogP contribution < -0.4 is 14.8 Å².